The van der Waals surface area contributed by atoms with E-state index in [0.29, 0.717) is 0 Å². The van der Waals surface area contributed by atoms with Crippen LogP contribution < -0.4 is 10.2 Å². The highest BCUT2D eigenvalue weighted by atomic mass is 16.2. The van der Waals surface area contributed by atoms with Crippen molar-refractivity contribution < 1.29 is 4.79 Å². The number of aryl methyl sites for hydroxylation is 1. The van der Waals surface area contributed by atoms with E-state index in [-0.39, 0.29) is 12.1 Å². The number of aromatic nitrogens is 1. The number of carbonyl (C=O) groups excluding carboxylic acids is 1. The summed E-state index contributed by atoms with van der Waals surface area (Å²) in [6, 6.07) is 16.3. The van der Waals surface area contributed by atoms with Gasteiger partial charge in [-0.1, -0.05) is 36.4 Å². The lowest BCUT2D eigenvalue weighted by atomic mass is 10.1. The van der Waals surface area contributed by atoms with Gasteiger partial charge in [0.25, 0.3) is 0 Å². The third kappa shape index (κ3) is 2.18. The Morgan fingerprint density at radius 3 is 2.74 bits per heavy atom. The molecule has 0 aliphatic carbocycles. The molecule has 2 heterocycles. The molecule has 1 atom stereocenters. The smallest absolute Gasteiger partial charge is 0.326 e. The zero-order chi connectivity index (χ0) is 16.0. The molecule has 0 saturated carbocycles. The summed E-state index contributed by atoms with van der Waals surface area (Å²) in [5.74, 6) is 0. The topological polar surface area (TPSA) is 37.3 Å². The molecule has 3 aromatic rings. The molecule has 1 aliphatic rings. The van der Waals surface area contributed by atoms with Gasteiger partial charge in [0, 0.05) is 35.9 Å². The third-order valence-corrected chi connectivity index (χ3v) is 4.56. The Balaban J connectivity index is 1.68. The molecule has 4 nitrogen and oxygen atoms in total. The maximum Gasteiger partial charge on any atom is 0.326 e. The number of fused-ring (bicyclic) bond motifs is 2. The van der Waals surface area contributed by atoms with Crippen molar-refractivity contribution in [3.8, 4) is 0 Å². The van der Waals surface area contributed by atoms with Crippen LogP contribution in [0.25, 0.3) is 10.9 Å². The van der Waals surface area contributed by atoms with Crippen molar-refractivity contribution in [3.63, 3.8) is 0 Å². The maximum absolute atomic E-state index is 12.8. The lowest BCUT2D eigenvalue weighted by Crippen LogP contribution is -2.39. The SMILES string of the molecule is CC1Cc2ccccc2N1C(=O)Nc1cn(C)c2ccccc12. The number of rotatable bonds is 1. The van der Waals surface area contributed by atoms with Crippen LogP contribution in [0.2, 0.25) is 0 Å². The Morgan fingerprint density at radius 2 is 1.87 bits per heavy atom. The van der Waals surface area contributed by atoms with Gasteiger partial charge in [-0.2, -0.15) is 0 Å². The van der Waals surface area contributed by atoms with E-state index in [0.717, 1.165) is 28.7 Å². The summed E-state index contributed by atoms with van der Waals surface area (Å²) >= 11 is 0. The first-order valence-electron chi connectivity index (χ1n) is 7.87. The van der Waals surface area contributed by atoms with Crippen LogP contribution in [0.15, 0.2) is 54.7 Å². The van der Waals surface area contributed by atoms with E-state index < -0.39 is 0 Å². The molecular weight excluding hydrogens is 286 g/mol. The normalized spacial score (nSPS) is 16.6. The fraction of sp³-hybridized carbons (Fsp3) is 0.211. The second kappa shape index (κ2) is 5.16. The number of hydrogen-bond donors (Lipinski definition) is 1. The summed E-state index contributed by atoms with van der Waals surface area (Å²) in [5.41, 5.74) is 4.20. The second-order valence-corrected chi connectivity index (χ2v) is 6.15. The van der Waals surface area contributed by atoms with Gasteiger partial charge in [-0.05, 0) is 31.0 Å². The highest BCUT2D eigenvalue weighted by molar-refractivity contribution is 6.08. The van der Waals surface area contributed by atoms with Crippen molar-refractivity contribution in [2.75, 3.05) is 10.2 Å². The zero-order valence-corrected chi connectivity index (χ0v) is 13.3. The summed E-state index contributed by atoms with van der Waals surface area (Å²) < 4.78 is 2.03. The molecule has 2 aromatic carbocycles. The lowest BCUT2D eigenvalue weighted by Gasteiger charge is -2.22. The Bertz CT molecular complexity index is 897. The molecule has 23 heavy (non-hydrogen) atoms. The van der Waals surface area contributed by atoms with Crippen LogP contribution in [0.4, 0.5) is 16.2 Å². The zero-order valence-electron chi connectivity index (χ0n) is 13.3. The van der Waals surface area contributed by atoms with Gasteiger partial charge < -0.3 is 9.88 Å². The summed E-state index contributed by atoms with van der Waals surface area (Å²) in [4.78, 5) is 14.7. The minimum absolute atomic E-state index is 0.0706. The van der Waals surface area contributed by atoms with E-state index in [2.05, 4.69) is 24.4 Å². The van der Waals surface area contributed by atoms with Crippen LogP contribution in [-0.4, -0.2) is 16.6 Å². The fourth-order valence-electron chi connectivity index (χ4n) is 3.49. The molecule has 1 unspecified atom stereocenters. The fourth-order valence-corrected chi connectivity index (χ4v) is 3.49. The number of nitrogens with zero attached hydrogens (tertiary/aromatic N) is 2. The van der Waals surface area contributed by atoms with Crippen LogP contribution in [0, 0.1) is 0 Å². The van der Waals surface area contributed by atoms with Gasteiger partial charge >= 0.3 is 6.03 Å². The third-order valence-electron chi connectivity index (χ3n) is 4.56. The van der Waals surface area contributed by atoms with E-state index in [1.807, 2.05) is 59.1 Å². The van der Waals surface area contributed by atoms with Crippen molar-refractivity contribution in [2.24, 2.45) is 7.05 Å². The standard InChI is InChI=1S/C19H19N3O/c1-13-11-14-7-3-5-9-17(14)22(13)19(23)20-16-12-21(2)18-10-6-4-8-15(16)18/h3-10,12-13H,11H2,1-2H3,(H,20,23). The molecule has 1 aliphatic heterocycles. The Labute approximate surface area is 135 Å². The van der Waals surface area contributed by atoms with Gasteiger partial charge in [-0.25, -0.2) is 4.79 Å². The van der Waals surface area contributed by atoms with Gasteiger partial charge in [0.1, 0.15) is 0 Å². The van der Waals surface area contributed by atoms with Crippen LogP contribution in [0.1, 0.15) is 12.5 Å². The van der Waals surface area contributed by atoms with E-state index in [1.165, 1.54) is 5.56 Å². The van der Waals surface area contributed by atoms with Crippen LogP contribution in [0.5, 0.6) is 0 Å². The Kier molecular flexibility index (Phi) is 3.11. The summed E-state index contributed by atoms with van der Waals surface area (Å²) in [5, 5.41) is 4.14. The van der Waals surface area contributed by atoms with E-state index in [1.54, 1.807) is 0 Å². The molecule has 0 radical (unpaired) electrons. The molecule has 1 N–H and O–H groups in total. The van der Waals surface area contributed by atoms with Gasteiger partial charge in [0.05, 0.1) is 5.69 Å². The molecule has 0 spiro atoms. The molecule has 4 heteroatoms. The van der Waals surface area contributed by atoms with Gasteiger partial charge in [0.15, 0.2) is 0 Å². The summed E-state index contributed by atoms with van der Waals surface area (Å²) in [6.07, 6.45) is 2.87. The molecule has 0 fully saturated rings. The van der Waals surface area contributed by atoms with E-state index in [9.17, 15) is 4.79 Å². The minimum atomic E-state index is -0.0706. The Hall–Kier alpha value is -2.75. The minimum Gasteiger partial charge on any atom is -0.348 e. The molecule has 0 saturated heterocycles. The van der Waals surface area contributed by atoms with Crippen molar-refractivity contribution in [3.05, 3.63) is 60.3 Å². The highest BCUT2D eigenvalue weighted by Gasteiger charge is 2.30. The number of benzene rings is 2. The molecule has 116 valence electrons. The van der Waals surface area contributed by atoms with E-state index >= 15 is 0 Å². The predicted octanol–water partition coefficient (Wildman–Crippen LogP) is 4.16. The largest absolute Gasteiger partial charge is 0.348 e. The molecular formula is C19H19N3O. The monoisotopic (exact) mass is 305 g/mol. The molecule has 0 bridgehead atoms. The number of nitrogens with one attached hydrogen (secondary N) is 1. The number of anilines is 2. The van der Waals surface area contributed by atoms with E-state index in [4.69, 9.17) is 0 Å². The van der Waals surface area contributed by atoms with Crippen molar-refractivity contribution >= 4 is 28.3 Å². The predicted molar refractivity (Wildman–Crippen MR) is 94.0 cm³/mol. The first kappa shape index (κ1) is 13.9. The second-order valence-electron chi connectivity index (χ2n) is 6.15. The highest BCUT2D eigenvalue weighted by Crippen LogP contribution is 2.33. The molecule has 4 rings (SSSR count). The van der Waals surface area contributed by atoms with Crippen LogP contribution in [-0.2, 0) is 13.5 Å². The Morgan fingerprint density at radius 1 is 1.13 bits per heavy atom. The average Bonchev–Trinajstić information content (AvgIpc) is 3.04. The number of para-hydroxylation sites is 2. The van der Waals surface area contributed by atoms with Gasteiger partial charge in [-0.15, -0.1) is 0 Å². The van der Waals surface area contributed by atoms with Crippen molar-refractivity contribution in [1.82, 2.24) is 4.57 Å². The summed E-state index contributed by atoms with van der Waals surface area (Å²) in [6.45, 7) is 2.09. The quantitative estimate of drug-likeness (QED) is 0.720. The maximum atomic E-state index is 12.8. The summed E-state index contributed by atoms with van der Waals surface area (Å²) in [7, 11) is 1.99. The number of urea groups is 1. The number of carbonyl (C=O) groups is 1. The van der Waals surface area contributed by atoms with Crippen LogP contribution in [0.3, 0.4) is 0 Å². The van der Waals surface area contributed by atoms with Gasteiger partial charge in [0.2, 0.25) is 0 Å². The van der Waals surface area contributed by atoms with Crippen molar-refractivity contribution in [1.29, 1.82) is 0 Å². The first-order chi connectivity index (χ1) is 11.1. The number of hydrogen-bond acceptors (Lipinski definition) is 1. The average molecular weight is 305 g/mol. The molecule has 1 aromatic heterocycles. The van der Waals surface area contributed by atoms with Gasteiger partial charge in [-0.3, -0.25) is 4.90 Å². The first-order valence-corrected chi connectivity index (χ1v) is 7.87. The molecule has 2 amide bonds. The number of amides is 2. The lowest BCUT2D eigenvalue weighted by molar-refractivity contribution is 0.256. The van der Waals surface area contributed by atoms with Crippen molar-refractivity contribution in [2.45, 2.75) is 19.4 Å². The van der Waals surface area contributed by atoms with Crippen LogP contribution >= 0.6 is 0 Å².